The highest BCUT2D eigenvalue weighted by molar-refractivity contribution is 9.10. The van der Waals surface area contributed by atoms with Crippen LogP contribution in [-0.4, -0.2) is 22.6 Å². The Labute approximate surface area is 130 Å². The molecule has 1 N–H and O–H groups in total. The third kappa shape index (κ3) is 3.54. The number of nitrogens with zero attached hydrogens (tertiary/aromatic N) is 2. The molecule has 0 saturated carbocycles. The molecule has 0 spiro atoms. The first-order valence-electron chi connectivity index (χ1n) is 5.85. The van der Waals surface area contributed by atoms with Crippen LogP contribution >= 0.6 is 39.3 Å². The van der Waals surface area contributed by atoms with E-state index >= 15 is 0 Å². The maximum atomic E-state index is 6.17. The molecule has 1 aromatic heterocycles. The average molecular weight is 361 g/mol. The average Bonchev–Trinajstić information content (AvgIpc) is 2.73. The second kappa shape index (κ2) is 6.79. The van der Waals surface area contributed by atoms with Crippen LogP contribution in [0.15, 0.2) is 39.8 Å². The maximum absolute atomic E-state index is 6.17. The molecular formula is C13H15BrClN3S. The minimum Gasteiger partial charge on any atom is -0.311 e. The lowest BCUT2D eigenvalue weighted by atomic mass is 10.2. The zero-order valence-electron chi connectivity index (χ0n) is 10.7. The third-order valence-corrected chi connectivity index (χ3v) is 5.08. The van der Waals surface area contributed by atoms with Gasteiger partial charge in [-0.15, -0.1) is 11.8 Å². The molecule has 1 atom stereocenters. The fraction of sp³-hybridized carbons (Fsp3) is 0.308. The van der Waals surface area contributed by atoms with Gasteiger partial charge >= 0.3 is 0 Å². The minimum atomic E-state index is 0.211. The normalized spacial score (nSPS) is 12.6. The predicted molar refractivity (Wildman–Crippen MR) is 84.9 cm³/mol. The Balaban J connectivity index is 2.11. The largest absolute Gasteiger partial charge is 0.311 e. The lowest BCUT2D eigenvalue weighted by Gasteiger charge is -2.17. The van der Waals surface area contributed by atoms with Crippen molar-refractivity contribution in [2.75, 3.05) is 12.8 Å². The molecule has 0 aliphatic rings. The van der Waals surface area contributed by atoms with Crippen molar-refractivity contribution in [3.8, 4) is 0 Å². The summed E-state index contributed by atoms with van der Waals surface area (Å²) in [6.45, 7) is 0. The summed E-state index contributed by atoms with van der Waals surface area (Å²) in [4.78, 5) is 1.10. The first kappa shape index (κ1) is 14.9. The zero-order chi connectivity index (χ0) is 13.8. The van der Waals surface area contributed by atoms with E-state index in [-0.39, 0.29) is 6.04 Å². The monoisotopic (exact) mass is 359 g/mol. The molecule has 19 heavy (non-hydrogen) atoms. The molecule has 3 nitrogen and oxygen atoms in total. The first-order chi connectivity index (χ1) is 9.13. The minimum absolute atomic E-state index is 0.211. The molecule has 0 bridgehead atoms. The van der Waals surface area contributed by atoms with Crippen LogP contribution in [0.25, 0.3) is 0 Å². The first-order valence-corrected chi connectivity index (χ1v) is 8.01. The highest BCUT2D eigenvalue weighted by Crippen LogP contribution is 2.31. The SMILES string of the molecule is CNC(CSc1ccccc1Cl)c1c(Br)cnn1C. The van der Waals surface area contributed by atoms with Crippen LogP contribution < -0.4 is 5.32 Å². The molecule has 1 aromatic carbocycles. The number of halogens is 2. The molecule has 0 radical (unpaired) electrons. The van der Waals surface area contributed by atoms with Crippen molar-refractivity contribution >= 4 is 39.3 Å². The summed E-state index contributed by atoms with van der Waals surface area (Å²) in [6, 6.07) is 8.11. The molecule has 0 aliphatic heterocycles. The number of nitrogens with one attached hydrogen (secondary N) is 1. The smallest absolute Gasteiger partial charge is 0.0700 e. The summed E-state index contributed by atoms with van der Waals surface area (Å²) in [5, 5.41) is 8.37. The third-order valence-electron chi connectivity index (χ3n) is 2.86. The van der Waals surface area contributed by atoms with E-state index < -0.39 is 0 Å². The highest BCUT2D eigenvalue weighted by atomic mass is 79.9. The van der Waals surface area contributed by atoms with Crippen molar-refractivity contribution in [3.05, 3.63) is 45.7 Å². The topological polar surface area (TPSA) is 29.9 Å². The Morgan fingerprint density at radius 3 is 2.79 bits per heavy atom. The van der Waals surface area contributed by atoms with Crippen LogP contribution in [0.5, 0.6) is 0 Å². The number of hydrogen-bond donors (Lipinski definition) is 1. The molecule has 1 unspecified atom stereocenters. The van der Waals surface area contributed by atoms with Gasteiger partial charge in [-0.1, -0.05) is 23.7 Å². The lowest BCUT2D eigenvalue weighted by Crippen LogP contribution is -2.22. The van der Waals surface area contributed by atoms with Crippen LogP contribution in [0, 0.1) is 0 Å². The van der Waals surface area contributed by atoms with Crippen LogP contribution in [0.4, 0.5) is 0 Å². The predicted octanol–water partition coefficient (Wildman–Crippen LogP) is 3.89. The van der Waals surface area contributed by atoms with Crippen molar-refractivity contribution in [2.24, 2.45) is 7.05 Å². The van der Waals surface area contributed by atoms with E-state index in [1.807, 2.05) is 49.2 Å². The summed E-state index contributed by atoms with van der Waals surface area (Å²) in [6.07, 6.45) is 1.82. The van der Waals surface area contributed by atoms with E-state index in [0.29, 0.717) is 0 Å². The fourth-order valence-corrected chi connectivity index (χ4v) is 3.82. The van der Waals surface area contributed by atoms with Gasteiger partial charge in [0, 0.05) is 17.7 Å². The summed E-state index contributed by atoms with van der Waals surface area (Å²) in [7, 11) is 3.90. The molecule has 6 heteroatoms. The van der Waals surface area contributed by atoms with Gasteiger partial charge in [0.2, 0.25) is 0 Å². The van der Waals surface area contributed by atoms with Gasteiger partial charge in [0.15, 0.2) is 0 Å². The Morgan fingerprint density at radius 1 is 1.47 bits per heavy atom. The van der Waals surface area contributed by atoms with Crippen LogP contribution in [0.2, 0.25) is 5.02 Å². The summed E-state index contributed by atoms with van der Waals surface area (Å²) in [5.41, 5.74) is 1.14. The van der Waals surface area contributed by atoms with Gasteiger partial charge in [-0.05, 0) is 35.1 Å². The van der Waals surface area contributed by atoms with Crippen LogP contribution in [0.1, 0.15) is 11.7 Å². The lowest BCUT2D eigenvalue weighted by molar-refractivity contribution is 0.583. The molecule has 1 heterocycles. The summed E-state index contributed by atoms with van der Waals surface area (Å²) < 4.78 is 2.91. The van der Waals surface area contributed by atoms with Gasteiger partial charge in [-0.25, -0.2) is 0 Å². The van der Waals surface area contributed by atoms with E-state index in [9.17, 15) is 0 Å². The van der Waals surface area contributed by atoms with E-state index in [4.69, 9.17) is 11.6 Å². The molecular weight excluding hydrogens is 346 g/mol. The quantitative estimate of drug-likeness (QED) is 0.820. The van der Waals surface area contributed by atoms with Gasteiger partial charge < -0.3 is 5.32 Å². The van der Waals surface area contributed by atoms with Crippen molar-refractivity contribution in [3.63, 3.8) is 0 Å². The zero-order valence-corrected chi connectivity index (χ0v) is 13.9. The van der Waals surface area contributed by atoms with Crippen molar-refractivity contribution in [1.82, 2.24) is 15.1 Å². The number of aryl methyl sites for hydroxylation is 1. The van der Waals surface area contributed by atoms with E-state index in [1.54, 1.807) is 11.8 Å². The van der Waals surface area contributed by atoms with Crippen molar-refractivity contribution in [1.29, 1.82) is 0 Å². The Hall–Kier alpha value is -0.490. The molecule has 2 aromatic rings. The van der Waals surface area contributed by atoms with Crippen LogP contribution in [0.3, 0.4) is 0 Å². The standard InChI is InChI=1S/C13H15BrClN3S/c1-16-11(13-9(14)7-17-18(13)2)8-19-12-6-4-3-5-10(12)15/h3-7,11,16H,8H2,1-2H3. The number of rotatable bonds is 5. The summed E-state index contributed by atoms with van der Waals surface area (Å²) >= 11 is 11.4. The van der Waals surface area contributed by atoms with Crippen molar-refractivity contribution in [2.45, 2.75) is 10.9 Å². The highest BCUT2D eigenvalue weighted by Gasteiger charge is 2.17. The number of hydrogen-bond acceptors (Lipinski definition) is 3. The van der Waals surface area contributed by atoms with Gasteiger partial charge in [0.1, 0.15) is 0 Å². The van der Waals surface area contributed by atoms with Gasteiger partial charge in [0.25, 0.3) is 0 Å². The fourth-order valence-electron chi connectivity index (χ4n) is 1.85. The molecule has 0 fully saturated rings. The second-order valence-corrected chi connectivity index (χ2v) is 6.41. The molecule has 0 saturated heterocycles. The number of thioether (sulfide) groups is 1. The van der Waals surface area contributed by atoms with E-state index in [0.717, 1.165) is 25.8 Å². The Kier molecular flexibility index (Phi) is 5.33. The Morgan fingerprint density at radius 2 is 2.21 bits per heavy atom. The van der Waals surface area contributed by atoms with Crippen molar-refractivity contribution < 1.29 is 0 Å². The summed E-state index contributed by atoms with van der Waals surface area (Å²) in [5.74, 6) is 0.887. The second-order valence-electron chi connectivity index (χ2n) is 4.08. The van der Waals surface area contributed by atoms with E-state index in [2.05, 4.69) is 26.3 Å². The Bertz CT molecular complexity index is 539. The van der Waals surface area contributed by atoms with Gasteiger partial charge in [-0.2, -0.15) is 5.10 Å². The maximum Gasteiger partial charge on any atom is 0.0700 e. The molecule has 0 amide bonds. The van der Waals surface area contributed by atoms with Gasteiger partial charge in [0.05, 0.1) is 27.4 Å². The van der Waals surface area contributed by atoms with Gasteiger partial charge in [-0.3, -0.25) is 4.68 Å². The number of benzene rings is 1. The molecule has 2 rings (SSSR count). The molecule has 102 valence electrons. The molecule has 0 aliphatic carbocycles. The van der Waals surface area contributed by atoms with Crippen LogP contribution in [-0.2, 0) is 7.05 Å². The number of aromatic nitrogens is 2. The van der Waals surface area contributed by atoms with E-state index in [1.165, 1.54) is 0 Å².